The maximum absolute atomic E-state index is 11.9. The van der Waals surface area contributed by atoms with Crippen LogP contribution in [-0.4, -0.2) is 18.2 Å². The molecule has 1 amide bonds. The minimum absolute atomic E-state index is 0.330. The summed E-state index contributed by atoms with van der Waals surface area (Å²) in [6.45, 7) is 3.66. The van der Waals surface area contributed by atoms with Crippen LogP contribution in [0.3, 0.4) is 0 Å². The number of amides is 1. The highest BCUT2D eigenvalue weighted by Crippen LogP contribution is 2.14. The van der Waals surface area contributed by atoms with Crippen molar-refractivity contribution in [1.82, 2.24) is 5.43 Å². The van der Waals surface area contributed by atoms with Crippen LogP contribution in [0, 0.1) is 6.92 Å². The molecule has 2 aromatic carbocycles. The minimum Gasteiger partial charge on any atom is -0.481 e. The number of carbonyl (C=O) groups is 1. The highest BCUT2D eigenvalue weighted by atomic mass is 35.5. The molecule has 0 aliphatic carbocycles. The van der Waals surface area contributed by atoms with E-state index < -0.39 is 6.10 Å². The van der Waals surface area contributed by atoms with Crippen molar-refractivity contribution in [2.75, 3.05) is 0 Å². The van der Waals surface area contributed by atoms with E-state index in [-0.39, 0.29) is 5.91 Å². The summed E-state index contributed by atoms with van der Waals surface area (Å²) < 4.78 is 5.55. The van der Waals surface area contributed by atoms with Crippen LogP contribution in [0.25, 0.3) is 0 Å². The minimum atomic E-state index is -0.647. The van der Waals surface area contributed by atoms with Crippen molar-refractivity contribution in [3.63, 3.8) is 0 Å². The lowest BCUT2D eigenvalue weighted by Gasteiger charge is -2.12. The van der Waals surface area contributed by atoms with Crippen molar-refractivity contribution < 1.29 is 9.53 Å². The van der Waals surface area contributed by atoms with Crippen LogP contribution < -0.4 is 10.2 Å². The summed E-state index contributed by atoms with van der Waals surface area (Å²) in [4.78, 5) is 11.9. The van der Waals surface area contributed by atoms with Crippen molar-refractivity contribution in [2.45, 2.75) is 20.0 Å². The van der Waals surface area contributed by atoms with E-state index in [2.05, 4.69) is 10.5 Å². The van der Waals surface area contributed by atoms with Gasteiger partial charge in [0.2, 0.25) is 0 Å². The Morgan fingerprint density at radius 2 is 1.91 bits per heavy atom. The molecular formula is C17H17ClN2O2. The van der Waals surface area contributed by atoms with Gasteiger partial charge in [-0.25, -0.2) is 5.43 Å². The van der Waals surface area contributed by atoms with Gasteiger partial charge < -0.3 is 4.74 Å². The fourth-order valence-electron chi connectivity index (χ4n) is 1.71. The van der Waals surface area contributed by atoms with Gasteiger partial charge in [-0.15, -0.1) is 0 Å². The fraction of sp³-hybridized carbons (Fsp3) is 0.176. The van der Waals surface area contributed by atoms with Crippen LogP contribution in [0.15, 0.2) is 53.6 Å². The second kappa shape index (κ2) is 7.61. The zero-order valence-electron chi connectivity index (χ0n) is 12.4. The molecule has 0 unspecified atom stereocenters. The molecule has 0 radical (unpaired) electrons. The molecule has 1 atom stereocenters. The van der Waals surface area contributed by atoms with E-state index in [9.17, 15) is 4.79 Å². The smallest absolute Gasteiger partial charge is 0.280 e. The second-order valence-corrected chi connectivity index (χ2v) is 5.24. The van der Waals surface area contributed by atoms with E-state index in [1.165, 1.54) is 6.21 Å². The molecule has 0 heterocycles. The molecule has 0 saturated heterocycles. The number of aryl methyl sites for hydroxylation is 1. The van der Waals surface area contributed by atoms with Gasteiger partial charge in [0.25, 0.3) is 5.91 Å². The normalized spacial score (nSPS) is 12.1. The molecule has 2 aromatic rings. The van der Waals surface area contributed by atoms with Gasteiger partial charge in [0.05, 0.1) is 6.21 Å². The second-order valence-electron chi connectivity index (χ2n) is 4.83. The summed E-state index contributed by atoms with van der Waals surface area (Å²) in [5, 5.41) is 4.46. The standard InChI is InChI=1S/C17H17ClN2O2/c1-12-7-9-15(10-8-12)22-13(2)17(21)20-19-11-14-5-3-4-6-16(14)18/h3-11,13H,1-2H3,(H,20,21)/b19-11-/t13-/m0/s1. The van der Waals surface area contributed by atoms with E-state index >= 15 is 0 Å². The van der Waals surface area contributed by atoms with Crippen LogP contribution in [0.5, 0.6) is 5.75 Å². The van der Waals surface area contributed by atoms with Gasteiger partial charge in [-0.2, -0.15) is 5.10 Å². The topological polar surface area (TPSA) is 50.7 Å². The maximum Gasteiger partial charge on any atom is 0.280 e. The SMILES string of the molecule is Cc1ccc(O[C@@H](C)C(=O)N/N=C\c2ccccc2Cl)cc1. The van der Waals surface area contributed by atoms with Gasteiger partial charge in [-0.05, 0) is 32.0 Å². The molecule has 0 aliphatic heterocycles. The summed E-state index contributed by atoms with van der Waals surface area (Å²) in [5.74, 6) is 0.312. The molecular weight excluding hydrogens is 300 g/mol. The quantitative estimate of drug-likeness (QED) is 0.677. The molecule has 22 heavy (non-hydrogen) atoms. The molecule has 5 heteroatoms. The van der Waals surface area contributed by atoms with Crippen LogP contribution >= 0.6 is 11.6 Å². The highest BCUT2D eigenvalue weighted by Gasteiger charge is 2.13. The van der Waals surface area contributed by atoms with Gasteiger partial charge in [-0.1, -0.05) is 47.5 Å². The molecule has 1 N–H and O–H groups in total. The Bertz CT molecular complexity index is 669. The van der Waals surface area contributed by atoms with Gasteiger partial charge >= 0.3 is 0 Å². The molecule has 114 valence electrons. The zero-order chi connectivity index (χ0) is 15.9. The lowest BCUT2D eigenvalue weighted by Crippen LogP contribution is -2.33. The fourth-order valence-corrected chi connectivity index (χ4v) is 1.90. The van der Waals surface area contributed by atoms with Gasteiger partial charge in [-0.3, -0.25) is 4.79 Å². The summed E-state index contributed by atoms with van der Waals surface area (Å²) in [6, 6.07) is 14.7. The highest BCUT2D eigenvalue weighted by molar-refractivity contribution is 6.33. The Hall–Kier alpha value is -2.33. The van der Waals surface area contributed by atoms with Gasteiger partial charge in [0.15, 0.2) is 6.10 Å². The Kier molecular flexibility index (Phi) is 5.55. The summed E-state index contributed by atoms with van der Waals surface area (Å²) in [5.41, 5.74) is 4.30. The Morgan fingerprint density at radius 1 is 1.23 bits per heavy atom. The number of carbonyl (C=O) groups excluding carboxylic acids is 1. The van der Waals surface area contributed by atoms with Crippen molar-refractivity contribution >= 4 is 23.7 Å². The lowest BCUT2D eigenvalue weighted by molar-refractivity contribution is -0.127. The van der Waals surface area contributed by atoms with Crippen LogP contribution in [0.1, 0.15) is 18.1 Å². The third-order valence-corrected chi connectivity index (χ3v) is 3.33. The summed E-state index contributed by atoms with van der Waals surface area (Å²) >= 11 is 5.99. The predicted octanol–water partition coefficient (Wildman–Crippen LogP) is 3.57. The number of hydrogen-bond acceptors (Lipinski definition) is 3. The lowest BCUT2D eigenvalue weighted by atomic mass is 10.2. The first-order chi connectivity index (χ1) is 10.6. The zero-order valence-corrected chi connectivity index (χ0v) is 13.2. The van der Waals surface area contributed by atoms with Gasteiger partial charge in [0, 0.05) is 10.6 Å². The number of ether oxygens (including phenoxy) is 1. The first-order valence-corrected chi connectivity index (χ1v) is 7.25. The molecule has 0 bridgehead atoms. The summed E-state index contributed by atoms with van der Waals surface area (Å²) in [6.07, 6.45) is 0.852. The maximum atomic E-state index is 11.9. The molecule has 0 fully saturated rings. The molecule has 0 saturated carbocycles. The van der Waals surface area contributed by atoms with E-state index in [0.717, 1.165) is 11.1 Å². The first-order valence-electron chi connectivity index (χ1n) is 6.87. The number of benzene rings is 2. The molecule has 4 nitrogen and oxygen atoms in total. The van der Waals surface area contributed by atoms with Crippen LogP contribution in [0.4, 0.5) is 0 Å². The van der Waals surface area contributed by atoms with Gasteiger partial charge in [0.1, 0.15) is 5.75 Å². The number of halogens is 1. The number of hydrazone groups is 1. The molecule has 0 spiro atoms. The first kappa shape index (κ1) is 16.0. The number of hydrogen-bond donors (Lipinski definition) is 1. The Balaban J connectivity index is 1.89. The average molecular weight is 317 g/mol. The van der Waals surface area contributed by atoms with Crippen LogP contribution in [0.2, 0.25) is 5.02 Å². The Morgan fingerprint density at radius 3 is 2.59 bits per heavy atom. The predicted molar refractivity (Wildman–Crippen MR) is 88.5 cm³/mol. The van der Waals surface area contributed by atoms with E-state index in [0.29, 0.717) is 10.8 Å². The van der Waals surface area contributed by atoms with Crippen molar-refractivity contribution in [3.05, 3.63) is 64.7 Å². The largest absolute Gasteiger partial charge is 0.481 e. The van der Waals surface area contributed by atoms with Crippen molar-refractivity contribution in [3.8, 4) is 5.75 Å². The molecule has 2 rings (SSSR count). The van der Waals surface area contributed by atoms with Crippen molar-refractivity contribution in [1.29, 1.82) is 0 Å². The van der Waals surface area contributed by atoms with Crippen LogP contribution in [-0.2, 0) is 4.79 Å². The van der Waals surface area contributed by atoms with E-state index in [1.54, 1.807) is 13.0 Å². The number of nitrogens with one attached hydrogen (secondary N) is 1. The van der Waals surface area contributed by atoms with Crippen molar-refractivity contribution in [2.24, 2.45) is 5.10 Å². The van der Waals surface area contributed by atoms with E-state index in [1.807, 2.05) is 49.4 Å². The molecule has 0 aromatic heterocycles. The monoisotopic (exact) mass is 316 g/mol. The Labute approximate surface area is 134 Å². The third kappa shape index (κ3) is 4.60. The number of nitrogens with zero attached hydrogens (tertiary/aromatic N) is 1. The molecule has 0 aliphatic rings. The van der Waals surface area contributed by atoms with E-state index in [4.69, 9.17) is 16.3 Å². The number of rotatable bonds is 5. The third-order valence-electron chi connectivity index (χ3n) is 2.99. The average Bonchev–Trinajstić information content (AvgIpc) is 2.51. The summed E-state index contributed by atoms with van der Waals surface area (Å²) in [7, 11) is 0.